The summed E-state index contributed by atoms with van der Waals surface area (Å²) in [5.41, 5.74) is 3.09. The number of pyridine rings is 1. The van der Waals surface area contributed by atoms with Gasteiger partial charge in [-0.15, -0.1) is 10.2 Å². The summed E-state index contributed by atoms with van der Waals surface area (Å²) in [4.78, 5) is 18.3. The van der Waals surface area contributed by atoms with Gasteiger partial charge in [-0.2, -0.15) is 15.5 Å². The highest BCUT2D eigenvalue weighted by Gasteiger charge is 2.27. The molecule has 2 aromatic carbocycles. The van der Waals surface area contributed by atoms with E-state index in [1.54, 1.807) is 54.7 Å². The van der Waals surface area contributed by atoms with Gasteiger partial charge < -0.3 is 25.0 Å². The average molecular weight is 649 g/mol. The molecule has 0 fully saturated rings. The van der Waals surface area contributed by atoms with E-state index in [1.165, 1.54) is 17.9 Å². The van der Waals surface area contributed by atoms with E-state index in [4.69, 9.17) is 14.5 Å². The van der Waals surface area contributed by atoms with Crippen molar-refractivity contribution in [1.82, 2.24) is 44.6 Å². The first-order valence-electron chi connectivity index (χ1n) is 14.9. The van der Waals surface area contributed by atoms with E-state index in [0.717, 1.165) is 5.56 Å². The van der Waals surface area contributed by atoms with Crippen LogP contribution < -0.4 is 14.8 Å². The molecule has 48 heavy (non-hydrogen) atoms. The van der Waals surface area contributed by atoms with Crippen LogP contribution >= 0.6 is 0 Å². The molecule has 4 aromatic heterocycles. The molecule has 15 heteroatoms. The van der Waals surface area contributed by atoms with Gasteiger partial charge in [-0.05, 0) is 42.8 Å². The fourth-order valence-electron chi connectivity index (χ4n) is 5.34. The number of benzene rings is 2. The Balaban J connectivity index is 1.47. The molecule has 0 bridgehead atoms. The predicted molar refractivity (Wildman–Crippen MR) is 173 cm³/mol. The number of methoxy groups -OCH3 is 2. The molecule has 0 atom stereocenters. The lowest BCUT2D eigenvalue weighted by atomic mass is 10.1. The van der Waals surface area contributed by atoms with E-state index in [0.29, 0.717) is 56.7 Å². The van der Waals surface area contributed by atoms with Crippen LogP contribution in [0.4, 0.5) is 0 Å². The van der Waals surface area contributed by atoms with Gasteiger partial charge in [-0.25, -0.2) is 4.98 Å². The third-order valence-electron chi connectivity index (χ3n) is 7.92. The number of carbonyl (C=O) groups is 1. The zero-order chi connectivity index (χ0) is 33.9. The molecule has 244 valence electrons. The molecule has 4 heterocycles. The van der Waals surface area contributed by atoms with E-state index in [9.17, 15) is 20.3 Å². The third kappa shape index (κ3) is 5.94. The van der Waals surface area contributed by atoms with Gasteiger partial charge in [0, 0.05) is 30.6 Å². The van der Waals surface area contributed by atoms with Crippen LogP contribution in [0.1, 0.15) is 33.7 Å². The summed E-state index contributed by atoms with van der Waals surface area (Å²) in [6.45, 7) is 2.18. The van der Waals surface area contributed by atoms with Gasteiger partial charge in [0.2, 0.25) is 0 Å². The molecule has 0 spiro atoms. The maximum absolute atomic E-state index is 13.5. The van der Waals surface area contributed by atoms with Gasteiger partial charge in [-0.3, -0.25) is 18.7 Å². The van der Waals surface area contributed by atoms with Crippen molar-refractivity contribution in [2.24, 2.45) is 7.05 Å². The summed E-state index contributed by atoms with van der Waals surface area (Å²) in [6.07, 6.45) is 1.80. The second-order valence-corrected chi connectivity index (χ2v) is 10.9. The molecule has 0 aliphatic rings. The Morgan fingerprint density at radius 2 is 1.75 bits per heavy atom. The number of nitrogens with one attached hydrogen (secondary N) is 1. The number of nitrogens with zero attached hydrogens (tertiary/aromatic N) is 9. The van der Waals surface area contributed by atoms with Gasteiger partial charge in [0.1, 0.15) is 40.0 Å². The number of rotatable bonds is 11. The SMILES string of the molecule is COc1ccc(Cn2c(-c3nc(C(=O)NCc4ccc(OC)cc4O)cc4c3cnn4C)nnc2-c2c(O)c(C)nn2CCC#N)cc1. The van der Waals surface area contributed by atoms with Gasteiger partial charge in [0.05, 0.1) is 51.5 Å². The van der Waals surface area contributed by atoms with Gasteiger partial charge >= 0.3 is 0 Å². The Morgan fingerprint density at radius 3 is 2.46 bits per heavy atom. The number of fused-ring (bicyclic) bond motifs is 1. The number of aromatic nitrogens is 8. The fraction of sp³-hybridized carbons (Fsp3) is 0.242. The van der Waals surface area contributed by atoms with E-state index in [1.807, 2.05) is 24.3 Å². The Labute approximate surface area is 274 Å². The molecule has 0 aliphatic carbocycles. The van der Waals surface area contributed by atoms with Crippen molar-refractivity contribution in [1.29, 1.82) is 5.26 Å². The minimum Gasteiger partial charge on any atom is -0.507 e. The highest BCUT2D eigenvalue weighted by Crippen LogP contribution is 2.35. The van der Waals surface area contributed by atoms with Gasteiger partial charge in [0.25, 0.3) is 5.91 Å². The Kier molecular flexibility index (Phi) is 8.63. The van der Waals surface area contributed by atoms with E-state index >= 15 is 0 Å². The van der Waals surface area contributed by atoms with Crippen molar-refractivity contribution in [3.63, 3.8) is 0 Å². The second kappa shape index (κ2) is 13.1. The van der Waals surface area contributed by atoms with Crippen LogP contribution in [-0.4, -0.2) is 69.6 Å². The van der Waals surface area contributed by atoms with E-state index < -0.39 is 5.91 Å². The van der Waals surface area contributed by atoms with Crippen molar-refractivity contribution in [2.45, 2.75) is 33.0 Å². The van der Waals surface area contributed by atoms with E-state index in [2.05, 4.69) is 31.8 Å². The summed E-state index contributed by atoms with van der Waals surface area (Å²) in [5, 5.41) is 52.1. The van der Waals surface area contributed by atoms with Crippen molar-refractivity contribution in [3.8, 4) is 52.1 Å². The number of aryl methyl sites for hydroxylation is 3. The lowest BCUT2D eigenvalue weighted by molar-refractivity contribution is 0.0946. The lowest BCUT2D eigenvalue weighted by Crippen LogP contribution is -2.24. The Morgan fingerprint density at radius 1 is 1.02 bits per heavy atom. The molecule has 0 saturated heterocycles. The number of aromatic hydroxyl groups is 2. The summed E-state index contributed by atoms with van der Waals surface area (Å²) in [6, 6.07) is 16.0. The number of ether oxygens (including phenoxy) is 2. The smallest absolute Gasteiger partial charge is 0.270 e. The predicted octanol–water partition coefficient (Wildman–Crippen LogP) is 3.72. The molecule has 0 unspecified atom stereocenters. The number of nitriles is 1. The maximum Gasteiger partial charge on any atom is 0.270 e. The van der Waals surface area contributed by atoms with Crippen molar-refractivity contribution >= 4 is 16.8 Å². The van der Waals surface area contributed by atoms with Crippen LogP contribution in [0.2, 0.25) is 0 Å². The van der Waals surface area contributed by atoms with Crippen LogP contribution in [0.5, 0.6) is 23.0 Å². The normalized spacial score (nSPS) is 11.1. The Bertz CT molecular complexity index is 2180. The van der Waals surface area contributed by atoms with Crippen molar-refractivity contribution in [2.75, 3.05) is 14.2 Å². The first-order valence-corrected chi connectivity index (χ1v) is 14.9. The zero-order valence-electron chi connectivity index (χ0n) is 26.7. The molecule has 0 aliphatic heterocycles. The van der Waals surface area contributed by atoms with E-state index in [-0.39, 0.29) is 43.2 Å². The number of hydrogen-bond donors (Lipinski definition) is 3. The van der Waals surface area contributed by atoms with Crippen molar-refractivity contribution in [3.05, 3.63) is 77.2 Å². The van der Waals surface area contributed by atoms with Gasteiger partial charge in [-0.1, -0.05) is 12.1 Å². The molecule has 0 saturated carbocycles. The summed E-state index contributed by atoms with van der Waals surface area (Å²) in [7, 11) is 4.85. The number of hydrogen-bond acceptors (Lipinski definition) is 11. The standard InChI is InChI=1S/C33H32N10O5/c1-19-30(45)29(43(40-19)13-5-12-34)32-39-38-31(42(32)18-20-6-9-22(47-3)10-7-20)28-24-17-36-41(2)26(24)15-25(37-28)33(46)35-16-21-8-11-23(48-4)14-27(21)44/h6-11,14-15,17,44-45H,5,13,16,18H2,1-4H3,(H,35,46). The minimum atomic E-state index is -0.487. The quantitative estimate of drug-likeness (QED) is 0.186. The molecule has 0 radical (unpaired) electrons. The number of phenolic OH excluding ortho intramolecular Hbond substituents is 1. The highest BCUT2D eigenvalue weighted by molar-refractivity contribution is 5.99. The molecule has 6 rings (SSSR count). The van der Waals surface area contributed by atoms with Crippen LogP contribution in [0, 0.1) is 18.3 Å². The van der Waals surface area contributed by atoms with Crippen LogP contribution in [0.3, 0.4) is 0 Å². The minimum absolute atomic E-state index is 0.0166. The molecular formula is C33H32N10O5. The zero-order valence-corrected chi connectivity index (χ0v) is 26.7. The largest absolute Gasteiger partial charge is 0.507 e. The summed E-state index contributed by atoms with van der Waals surface area (Å²) < 4.78 is 15.4. The van der Waals surface area contributed by atoms with Crippen LogP contribution in [-0.2, 0) is 26.7 Å². The van der Waals surface area contributed by atoms with Gasteiger partial charge in [0.15, 0.2) is 17.4 Å². The van der Waals surface area contributed by atoms with Crippen molar-refractivity contribution < 1.29 is 24.5 Å². The Hall–Kier alpha value is -6.43. The molecule has 15 nitrogen and oxygen atoms in total. The monoisotopic (exact) mass is 648 g/mol. The van der Waals surface area contributed by atoms with Crippen LogP contribution in [0.25, 0.3) is 33.9 Å². The lowest BCUT2D eigenvalue weighted by Gasteiger charge is -2.14. The fourth-order valence-corrected chi connectivity index (χ4v) is 5.34. The molecule has 6 aromatic rings. The topological polar surface area (TPSA) is 191 Å². The first kappa shape index (κ1) is 31.5. The number of carbonyl (C=O) groups excluding carboxylic acids is 1. The number of amides is 1. The molecular weight excluding hydrogens is 616 g/mol. The molecule has 3 N–H and O–H groups in total. The number of phenols is 1. The average Bonchev–Trinajstić information content (AvgIpc) is 3.76. The summed E-state index contributed by atoms with van der Waals surface area (Å²) in [5.74, 6) is 1.19. The summed E-state index contributed by atoms with van der Waals surface area (Å²) >= 11 is 0. The highest BCUT2D eigenvalue weighted by atomic mass is 16.5. The molecule has 1 amide bonds. The third-order valence-corrected chi connectivity index (χ3v) is 7.92. The first-order chi connectivity index (χ1) is 23.2. The second-order valence-electron chi connectivity index (χ2n) is 10.9. The van der Waals surface area contributed by atoms with Crippen LogP contribution in [0.15, 0.2) is 54.7 Å². The maximum atomic E-state index is 13.5.